The average Bonchev–Trinajstić information content (AvgIpc) is 2.75. The lowest BCUT2D eigenvalue weighted by molar-refractivity contribution is 0.935. The molecule has 90 valence electrons. The van der Waals surface area contributed by atoms with Crippen molar-refractivity contribution in [3.8, 4) is 0 Å². The summed E-state index contributed by atoms with van der Waals surface area (Å²) < 4.78 is 0.829. The number of hydrogen-bond donors (Lipinski definition) is 1. The Labute approximate surface area is 110 Å². The highest BCUT2D eigenvalue weighted by molar-refractivity contribution is 7.16. The minimum absolute atomic E-state index is 0.829. The van der Waals surface area contributed by atoms with Crippen LogP contribution in [0.4, 0.5) is 11.4 Å². The van der Waals surface area contributed by atoms with Crippen LogP contribution in [0, 0.1) is 0 Å². The Kier molecular flexibility index (Phi) is 3.86. The zero-order valence-corrected chi connectivity index (χ0v) is 11.3. The monoisotopic (exact) mass is 267 g/mol. The summed E-state index contributed by atoms with van der Waals surface area (Å²) >= 11 is 7.52. The van der Waals surface area contributed by atoms with Crippen LogP contribution in [-0.2, 0) is 6.54 Å². The van der Waals surface area contributed by atoms with Crippen LogP contribution in [0.2, 0.25) is 4.34 Å². The maximum Gasteiger partial charge on any atom is 0.0931 e. The first-order valence-electron chi connectivity index (χ1n) is 5.27. The molecule has 2 aromatic heterocycles. The van der Waals surface area contributed by atoms with Crippen LogP contribution in [0.25, 0.3) is 0 Å². The molecule has 17 heavy (non-hydrogen) atoms. The van der Waals surface area contributed by atoms with E-state index in [1.54, 1.807) is 17.5 Å². The first-order valence-corrected chi connectivity index (χ1v) is 6.46. The van der Waals surface area contributed by atoms with Gasteiger partial charge in [0.05, 0.1) is 34.6 Å². The number of aromatic nitrogens is 1. The van der Waals surface area contributed by atoms with Gasteiger partial charge >= 0.3 is 0 Å². The Balaban J connectivity index is 2.11. The molecule has 2 aromatic rings. The molecule has 0 aromatic carbocycles. The molecule has 0 aliphatic rings. The van der Waals surface area contributed by atoms with Crippen LogP contribution in [0.5, 0.6) is 0 Å². The summed E-state index contributed by atoms with van der Waals surface area (Å²) in [6, 6.07) is 6.05. The van der Waals surface area contributed by atoms with E-state index in [-0.39, 0.29) is 0 Å². The van der Waals surface area contributed by atoms with Crippen LogP contribution < -0.4 is 10.2 Å². The van der Waals surface area contributed by atoms with Gasteiger partial charge in [0.2, 0.25) is 0 Å². The molecule has 0 atom stereocenters. The van der Waals surface area contributed by atoms with Crippen LogP contribution in [0.15, 0.2) is 30.6 Å². The molecule has 0 amide bonds. The molecule has 2 rings (SSSR count). The summed E-state index contributed by atoms with van der Waals surface area (Å²) in [4.78, 5) is 7.59. The van der Waals surface area contributed by atoms with Crippen molar-refractivity contribution in [3.63, 3.8) is 0 Å². The second kappa shape index (κ2) is 5.38. The van der Waals surface area contributed by atoms with E-state index in [1.807, 2.05) is 26.4 Å². The van der Waals surface area contributed by atoms with Crippen molar-refractivity contribution in [2.45, 2.75) is 6.54 Å². The summed E-state index contributed by atoms with van der Waals surface area (Å²) in [5.41, 5.74) is 2.10. The third kappa shape index (κ3) is 3.11. The van der Waals surface area contributed by atoms with Gasteiger partial charge in [0.15, 0.2) is 0 Å². The summed E-state index contributed by atoms with van der Waals surface area (Å²) in [5, 5.41) is 3.08. The van der Waals surface area contributed by atoms with E-state index >= 15 is 0 Å². The van der Waals surface area contributed by atoms with E-state index in [9.17, 15) is 0 Å². The largest absolute Gasteiger partial charge is 0.387 e. The highest BCUT2D eigenvalue weighted by Gasteiger charge is 2.05. The van der Waals surface area contributed by atoms with E-state index in [2.05, 4.69) is 27.3 Å². The zero-order chi connectivity index (χ0) is 12.3. The number of anilines is 2. The highest BCUT2D eigenvalue weighted by atomic mass is 35.5. The normalized spacial score (nSPS) is 10.3. The third-order valence-electron chi connectivity index (χ3n) is 2.48. The molecule has 3 nitrogen and oxygen atoms in total. The standard InChI is InChI=1S/C12H14ClN3S/c1-14-9-5-10(7-15-6-9)16(2)8-11-3-4-12(13)17-11/h3-7,14H,8H2,1-2H3. The van der Waals surface area contributed by atoms with Gasteiger partial charge in [-0.3, -0.25) is 4.98 Å². The topological polar surface area (TPSA) is 28.2 Å². The Hall–Kier alpha value is -1.26. The molecule has 5 heteroatoms. The summed E-state index contributed by atoms with van der Waals surface area (Å²) in [5.74, 6) is 0. The van der Waals surface area contributed by atoms with Gasteiger partial charge in [0.25, 0.3) is 0 Å². The average molecular weight is 268 g/mol. The number of halogens is 1. The lowest BCUT2D eigenvalue weighted by atomic mass is 10.3. The van der Waals surface area contributed by atoms with E-state index < -0.39 is 0 Å². The van der Waals surface area contributed by atoms with Crippen LogP contribution in [0.1, 0.15) is 4.88 Å². The predicted octanol–water partition coefficient (Wildman–Crippen LogP) is 3.47. The van der Waals surface area contributed by atoms with Gasteiger partial charge in [-0.05, 0) is 18.2 Å². The SMILES string of the molecule is CNc1cncc(N(C)Cc2ccc(Cl)s2)c1. The van der Waals surface area contributed by atoms with Gasteiger partial charge in [0.1, 0.15) is 0 Å². The van der Waals surface area contributed by atoms with Gasteiger partial charge < -0.3 is 10.2 Å². The molecule has 0 saturated heterocycles. The Morgan fingerprint density at radius 1 is 1.41 bits per heavy atom. The maximum absolute atomic E-state index is 5.92. The van der Waals surface area contributed by atoms with E-state index in [0.29, 0.717) is 0 Å². The molecule has 2 heterocycles. The van der Waals surface area contributed by atoms with E-state index in [4.69, 9.17) is 11.6 Å². The van der Waals surface area contributed by atoms with Gasteiger partial charge in [0, 0.05) is 19.0 Å². The second-order valence-corrected chi connectivity index (χ2v) is 5.54. The number of nitrogens with zero attached hydrogens (tertiary/aromatic N) is 2. The van der Waals surface area contributed by atoms with Crippen LogP contribution in [-0.4, -0.2) is 19.1 Å². The smallest absolute Gasteiger partial charge is 0.0931 e. The van der Waals surface area contributed by atoms with Gasteiger partial charge in [-0.2, -0.15) is 0 Å². The Morgan fingerprint density at radius 3 is 2.88 bits per heavy atom. The number of thiophene rings is 1. The Bertz CT molecular complexity index is 498. The van der Waals surface area contributed by atoms with Crippen molar-refractivity contribution in [3.05, 3.63) is 39.8 Å². The molecule has 0 aliphatic carbocycles. The Morgan fingerprint density at radius 2 is 2.24 bits per heavy atom. The van der Waals surface area contributed by atoms with Crippen molar-refractivity contribution in [1.82, 2.24) is 4.98 Å². The maximum atomic E-state index is 5.92. The lowest BCUT2D eigenvalue weighted by Gasteiger charge is -2.18. The van der Waals surface area contributed by atoms with Gasteiger partial charge in [-0.1, -0.05) is 11.6 Å². The van der Waals surface area contributed by atoms with E-state index in [0.717, 1.165) is 22.3 Å². The number of nitrogens with one attached hydrogen (secondary N) is 1. The van der Waals surface area contributed by atoms with Crippen molar-refractivity contribution in [1.29, 1.82) is 0 Å². The first kappa shape index (κ1) is 12.2. The molecular formula is C12H14ClN3S. The predicted molar refractivity (Wildman–Crippen MR) is 75.2 cm³/mol. The molecule has 0 saturated carbocycles. The van der Waals surface area contributed by atoms with Crippen molar-refractivity contribution >= 4 is 34.3 Å². The zero-order valence-electron chi connectivity index (χ0n) is 9.77. The minimum Gasteiger partial charge on any atom is -0.387 e. The van der Waals surface area contributed by atoms with Crippen molar-refractivity contribution in [2.75, 3.05) is 24.3 Å². The third-order valence-corrected chi connectivity index (χ3v) is 3.69. The number of rotatable bonds is 4. The summed E-state index contributed by atoms with van der Waals surface area (Å²) in [7, 11) is 3.93. The fourth-order valence-electron chi connectivity index (χ4n) is 1.54. The molecular weight excluding hydrogens is 254 g/mol. The van der Waals surface area contributed by atoms with Crippen LogP contribution >= 0.6 is 22.9 Å². The minimum atomic E-state index is 0.829. The first-order chi connectivity index (χ1) is 8.19. The molecule has 0 fully saturated rings. The lowest BCUT2D eigenvalue weighted by Crippen LogP contribution is -2.15. The van der Waals surface area contributed by atoms with Crippen molar-refractivity contribution < 1.29 is 0 Å². The molecule has 0 unspecified atom stereocenters. The molecule has 0 spiro atoms. The fraction of sp³-hybridized carbons (Fsp3) is 0.250. The number of hydrogen-bond acceptors (Lipinski definition) is 4. The number of pyridine rings is 1. The van der Waals surface area contributed by atoms with Gasteiger partial charge in [-0.25, -0.2) is 0 Å². The van der Waals surface area contributed by atoms with E-state index in [1.165, 1.54) is 4.88 Å². The molecule has 0 radical (unpaired) electrons. The molecule has 1 N–H and O–H groups in total. The van der Waals surface area contributed by atoms with Crippen LogP contribution in [0.3, 0.4) is 0 Å². The summed E-state index contributed by atoms with van der Waals surface area (Å²) in [6.07, 6.45) is 3.66. The quantitative estimate of drug-likeness (QED) is 0.919. The molecule has 0 bridgehead atoms. The second-order valence-electron chi connectivity index (χ2n) is 3.74. The fourth-order valence-corrected chi connectivity index (χ4v) is 2.68. The molecule has 0 aliphatic heterocycles. The van der Waals surface area contributed by atoms with Gasteiger partial charge in [-0.15, -0.1) is 11.3 Å². The van der Waals surface area contributed by atoms with Crippen molar-refractivity contribution in [2.24, 2.45) is 0 Å². The highest BCUT2D eigenvalue weighted by Crippen LogP contribution is 2.24. The summed E-state index contributed by atoms with van der Waals surface area (Å²) in [6.45, 7) is 0.840.